The van der Waals surface area contributed by atoms with Gasteiger partial charge in [-0.15, -0.1) is 0 Å². The van der Waals surface area contributed by atoms with E-state index >= 15 is 0 Å². The number of rotatable bonds is 4. The highest BCUT2D eigenvalue weighted by Crippen LogP contribution is 2.34. The van der Waals surface area contributed by atoms with Crippen molar-refractivity contribution in [3.8, 4) is 5.75 Å². The molecule has 1 aromatic rings. The fraction of sp³-hybridized carbons (Fsp3) is 0.273. The van der Waals surface area contributed by atoms with Gasteiger partial charge in [0.2, 0.25) is 0 Å². The predicted molar refractivity (Wildman–Crippen MR) is 75.0 cm³/mol. The van der Waals surface area contributed by atoms with Crippen LogP contribution in [-0.2, 0) is 4.79 Å². The Morgan fingerprint density at radius 3 is 2.63 bits per heavy atom. The van der Waals surface area contributed by atoms with Crippen molar-refractivity contribution in [3.63, 3.8) is 0 Å². The van der Waals surface area contributed by atoms with Gasteiger partial charge in [-0.25, -0.2) is 4.79 Å². The summed E-state index contributed by atoms with van der Waals surface area (Å²) in [4.78, 5) is 22.2. The van der Waals surface area contributed by atoms with Gasteiger partial charge in [0.05, 0.1) is 17.8 Å². The van der Waals surface area contributed by atoms with Crippen LogP contribution in [0.5, 0.6) is 5.75 Å². The molecule has 0 spiro atoms. The number of halogens is 2. The van der Waals surface area contributed by atoms with Gasteiger partial charge in [-0.1, -0.05) is 11.6 Å². The topological polar surface area (TPSA) is 87.7 Å². The van der Waals surface area contributed by atoms with Crippen molar-refractivity contribution in [2.75, 3.05) is 12.4 Å². The SMILES string of the molecule is COc1cc(Br)c(NC(=O)N[C@H](C)C(=O)O)cc1Cl. The average Bonchev–Trinajstić information content (AvgIpc) is 2.33. The van der Waals surface area contributed by atoms with Crippen molar-refractivity contribution in [1.29, 1.82) is 0 Å². The Morgan fingerprint density at radius 1 is 1.47 bits per heavy atom. The van der Waals surface area contributed by atoms with Gasteiger partial charge in [0, 0.05) is 4.47 Å². The Hall–Kier alpha value is -1.47. The van der Waals surface area contributed by atoms with E-state index in [9.17, 15) is 9.59 Å². The molecule has 0 saturated carbocycles. The van der Waals surface area contributed by atoms with Crippen LogP contribution >= 0.6 is 27.5 Å². The smallest absolute Gasteiger partial charge is 0.325 e. The Balaban J connectivity index is 2.80. The van der Waals surface area contributed by atoms with Crippen LogP contribution in [-0.4, -0.2) is 30.3 Å². The van der Waals surface area contributed by atoms with Gasteiger partial charge in [0.25, 0.3) is 0 Å². The number of ether oxygens (including phenoxy) is 1. The van der Waals surface area contributed by atoms with Crippen molar-refractivity contribution in [2.24, 2.45) is 0 Å². The third kappa shape index (κ3) is 4.29. The van der Waals surface area contributed by atoms with E-state index in [-0.39, 0.29) is 0 Å². The molecule has 0 aliphatic carbocycles. The highest BCUT2D eigenvalue weighted by atomic mass is 79.9. The van der Waals surface area contributed by atoms with Gasteiger partial charge in [-0.2, -0.15) is 0 Å². The van der Waals surface area contributed by atoms with E-state index in [2.05, 4.69) is 26.6 Å². The number of carboxylic acids is 1. The average molecular weight is 352 g/mol. The summed E-state index contributed by atoms with van der Waals surface area (Å²) in [5.74, 6) is -0.666. The molecule has 0 fully saturated rings. The van der Waals surface area contributed by atoms with Crippen LogP contribution in [0.3, 0.4) is 0 Å². The number of aliphatic carboxylic acids is 1. The van der Waals surface area contributed by atoms with Gasteiger partial charge in [0.1, 0.15) is 11.8 Å². The molecule has 6 nitrogen and oxygen atoms in total. The lowest BCUT2D eigenvalue weighted by Crippen LogP contribution is -2.40. The zero-order valence-electron chi connectivity index (χ0n) is 10.2. The number of amides is 2. The number of carboxylic acid groups (broad SMARTS) is 1. The van der Waals surface area contributed by atoms with Crippen LogP contribution < -0.4 is 15.4 Å². The number of carbonyl (C=O) groups excluding carboxylic acids is 1. The Bertz CT molecular complexity index is 510. The molecule has 1 atom stereocenters. The molecule has 1 aromatic carbocycles. The second-order valence-corrected chi connectivity index (χ2v) is 4.89. The predicted octanol–water partition coefficient (Wildman–Crippen LogP) is 2.71. The van der Waals surface area contributed by atoms with Crippen LogP contribution in [0, 0.1) is 0 Å². The van der Waals surface area contributed by atoms with Crippen LogP contribution in [0.15, 0.2) is 16.6 Å². The first-order valence-corrected chi connectivity index (χ1v) is 6.35. The fourth-order valence-electron chi connectivity index (χ4n) is 1.20. The Morgan fingerprint density at radius 2 is 2.11 bits per heavy atom. The van der Waals surface area contributed by atoms with Gasteiger partial charge in [-0.05, 0) is 35.0 Å². The molecular formula is C11H12BrClN2O4. The molecule has 1 rings (SSSR count). The first-order valence-electron chi connectivity index (χ1n) is 5.18. The van der Waals surface area contributed by atoms with Crippen molar-refractivity contribution in [1.82, 2.24) is 5.32 Å². The van der Waals surface area contributed by atoms with Gasteiger partial charge in [-0.3, -0.25) is 4.79 Å². The molecule has 0 aromatic heterocycles. The number of urea groups is 1. The van der Waals surface area contributed by atoms with E-state index in [1.54, 1.807) is 6.07 Å². The van der Waals surface area contributed by atoms with Crippen LogP contribution in [0.25, 0.3) is 0 Å². The molecule has 0 bridgehead atoms. The van der Waals surface area contributed by atoms with Crippen molar-refractivity contribution < 1.29 is 19.4 Å². The summed E-state index contributed by atoms with van der Waals surface area (Å²) < 4.78 is 5.58. The zero-order valence-corrected chi connectivity index (χ0v) is 12.5. The number of methoxy groups -OCH3 is 1. The lowest BCUT2D eigenvalue weighted by Gasteiger charge is -2.13. The van der Waals surface area contributed by atoms with Gasteiger partial charge >= 0.3 is 12.0 Å². The minimum atomic E-state index is -1.12. The normalized spacial score (nSPS) is 11.6. The maximum absolute atomic E-state index is 11.6. The molecule has 0 unspecified atom stereocenters. The van der Waals surface area contributed by atoms with Crippen molar-refractivity contribution in [2.45, 2.75) is 13.0 Å². The maximum Gasteiger partial charge on any atom is 0.325 e. The standard InChI is InChI=1S/C11H12BrClN2O4/c1-5(10(16)17)14-11(18)15-8-4-7(13)9(19-2)3-6(8)12/h3-5H,1-2H3,(H,16,17)(H2,14,15,18)/t5-/m1/s1. The number of nitrogens with one attached hydrogen (secondary N) is 2. The summed E-state index contributed by atoms with van der Waals surface area (Å²) in [6, 6.07) is 1.46. The van der Waals surface area contributed by atoms with E-state index in [4.69, 9.17) is 21.4 Å². The Labute approximate surface area is 123 Å². The molecule has 3 N–H and O–H groups in total. The van der Waals surface area contributed by atoms with Crippen LogP contribution in [0.2, 0.25) is 5.02 Å². The number of benzene rings is 1. The summed E-state index contributed by atoms with van der Waals surface area (Å²) >= 11 is 9.18. The number of hydrogen-bond donors (Lipinski definition) is 3. The Kier molecular flexibility index (Phi) is 5.44. The number of carbonyl (C=O) groups is 2. The molecular weight excluding hydrogens is 339 g/mol. The summed E-state index contributed by atoms with van der Waals surface area (Å²) in [6.45, 7) is 1.36. The summed E-state index contributed by atoms with van der Waals surface area (Å²) in [5.41, 5.74) is 0.404. The van der Waals surface area contributed by atoms with Crippen LogP contribution in [0.1, 0.15) is 6.92 Å². The monoisotopic (exact) mass is 350 g/mol. The quantitative estimate of drug-likeness (QED) is 0.778. The molecule has 0 saturated heterocycles. The fourth-order valence-corrected chi connectivity index (χ4v) is 1.86. The van der Waals surface area contributed by atoms with E-state index in [0.29, 0.717) is 20.9 Å². The molecule has 0 heterocycles. The molecule has 0 radical (unpaired) electrons. The van der Waals surface area contributed by atoms with Crippen molar-refractivity contribution in [3.05, 3.63) is 21.6 Å². The first kappa shape index (κ1) is 15.6. The van der Waals surface area contributed by atoms with E-state index < -0.39 is 18.0 Å². The lowest BCUT2D eigenvalue weighted by molar-refractivity contribution is -0.138. The van der Waals surface area contributed by atoms with E-state index in [0.717, 1.165) is 0 Å². The first-order chi connectivity index (χ1) is 8.85. The van der Waals surface area contributed by atoms with Crippen molar-refractivity contribution >= 4 is 45.2 Å². The largest absolute Gasteiger partial charge is 0.495 e. The second-order valence-electron chi connectivity index (χ2n) is 3.62. The van der Waals surface area contributed by atoms with E-state index in [1.165, 1.54) is 20.1 Å². The summed E-state index contributed by atoms with van der Waals surface area (Å²) in [6.07, 6.45) is 0. The zero-order chi connectivity index (χ0) is 14.6. The second kappa shape index (κ2) is 6.63. The minimum absolute atomic E-state index is 0.326. The maximum atomic E-state index is 11.6. The van der Waals surface area contributed by atoms with Gasteiger partial charge < -0.3 is 20.5 Å². The molecule has 0 aliphatic heterocycles. The van der Waals surface area contributed by atoms with E-state index in [1.807, 2.05) is 0 Å². The number of anilines is 1. The molecule has 0 aliphatic rings. The lowest BCUT2D eigenvalue weighted by atomic mass is 10.3. The highest BCUT2D eigenvalue weighted by molar-refractivity contribution is 9.10. The minimum Gasteiger partial charge on any atom is -0.495 e. The third-order valence-electron chi connectivity index (χ3n) is 2.21. The molecule has 8 heteroatoms. The third-order valence-corrected chi connectivity index (χ3v) is 3.16. The molecule has 19 heavy (non-hydrogen) atoms. The van der Waals surface area contributed by atoms with Gasteiger partial charge in [0.15, 0.2) is 0 Å². The summed E-state index contributed by atoms with van der Waals surface area (Å²) in [5, 5.41) is 13.7. The summed E-state index contributed by atoms with van der Waals surface area (Å²) in [7, 11) is 1.47. The van der Waals surface area contributed by atoms with Crippen LogP contribution in [0.4, 0.5) is 10.5 Å². The number of hydrogen-bond acceptors (Lipinski definition) is 3. The molecule has 2 amide bonds. The molecule has 104 valence electrons. The highest BCUT2D eigenvalue weighted by Gasteiger charge is 2.15.